The monoisotopic (exact) mass is 514 g/mol. The number of benzene rings is 2. The number of piperazine rings is 1. The van der Waals surface area contributed by atoms with E-state index in [1.54, 1.807) is 35.1 Å². The van der Waals surface area contributed by atoms with E-state index in [-0.39, 0.29) is 11.9 Å². The summed E-state index contributed by atoms with van der Waals surface area (Å²) in [6.45, 7) is 5.59. The molecule has 0 spiro atoms. The third-order valence-corrected chi connectivity index (χ3v) is 7.70. The van der Waals surface area contributed by atoms with E-state index in [1.807, 2.05) is 36.3 Å². The van der Waals surface area contributed by atoms with E-state index < -0.39 is 0 Å². The molecule has 1 saturated heterocycles. The van der Waals surface area contributed by atoms with Gasteiger partial charge in [0, 0.05) is 50.9 Å². The topological polar surface area (TPSA) is 67.9 Å². The van der Waals surface area contributed by atoms with Gasteiger partial charge >= 0.3 is 0 Å². The third kappa shape index (κ3) is 5.00. The highest BCUT2D eigenvalue weighted by molar-refractivity contribution is 7.97. The van der Waals surface area contributed by atoms with E-state index in [4.69, 9.17) is 0 Å². The molecule has 0 aliphatic carbocycles. The summed E-state index contributed by atoms with van der Waals surface area (Å²) in [5.41, 5.74) is 5.37. The Kier molecular flexibility index (Phi) is 6.45. The summed E-state index contributed by atoms with van der Waals surface area (Å²) in [5, 5.41) is 15.2. The first-order valence-electron chi connectivity index (χ1n) is 12.2. The number of halogens is 1. The van der Waals surface area contributed by atoms with Crippen LogP contribution >= 0.6 is 11.9 Å². The molecule has 0 bridgehead atoms. The molecule has 1 aliphatic rings. The molecule has 10 heteroatoms. The normalized spacial score (nSPS) is 17.0. The highest BCUT2D eigenvalue weighted by Gasteiger charge is 2.31. The van der Waals surface area contributed by atoms with Crippen molar-refractivity contribution in [1.82, 2.24) is 39.0 Å². The Hall–Kier alpha value is -3.60. The smallest absolute Gasteiger partial charge is 0.153 e. The van der Waals surface area contributed by atoms with Gasteiger partial charge in [-0.2, -0.15) is 15.0 Å². The number of pyridine rings is 1. The minimum Gasteiger partial charge on any atom is -0.288 e. The van der Waals surface area contributed by atoms with Crippen molar-refractivity contribution in [3.8, 4) is 5.69 Å². The van der Waals surface area contributed by atoms with Crippen LogP contribution in [-0.4, -0.2) is 58.6 Å². The van der Waals surface area contributed by atoms with Gasteiger partial charge in [-0.15, -0.1) is 5.10 Å². The highest BCUT2D eigenvalue weighted by Crippen LogP contribution is 2.35. The van der Waals surface area contributed by atoms with E-state index in [2.05, 4.69) is 54.6 Å². The molecule has 1 fully saturated rings. The SMILES string of the molecule is Cc1cc2c(cnn2-c2ccc(F)cc2)cc1C1CN(Sc2cnn(C)n2)CCN1Cc1ccccn1. The molecule has 37 heavy (non-hydrogen) atoms. The lowest BCUT2D eigenvalue weighted by atomic mass is 9.96. The van der Waals surface area contributed by atoms with Gasteiger partial charge in [0.05, 0.1) is 29.3 Å². The third-order valence-electron chi connectivity index (χ3n) is 6.73. The number of aromatic nitrogens is 6. The van der Waals surface area contributed by atoms with Crippen LogP contribution < -0.4 is 0 Å². The number of hydrogen-bond donors (Lipinski definition) is 0. The number of aryl methyl sites for hydroxylation is 2. The van der Waals surface area contributed by atoms with Gasteiger partial charge < -0.3 is 0 Å². The van der Waals surface area contributed by atoms with Gasteiger partial charge in [-0.1, -0.05) is 6.07 Å². The average molecular weight is 515 g/mol. The Bertz CT molecular complexity index is 1520. The van der Waals surface area contributed by atoms with Crippen molar-refractivity contribution in [1.29, 1.82) is 0 Å². The van der Waals surface area contributed by atoms with E-state index >= 15 is 0 Å². The van der Waals surface area contributed by atoms with Crippen LogP contribution in [-0.2, 0) is 13.6 Å². The predicted octanol–water partition coefficient (Wildman–Crippen LogP) is 4.56. The van der Waals surface area contributed by atoms with Crippen LogP contribution in [0.3, 0.4) is 0 Å². The fourth-order valence-corrected chi connectivity index (χ4v) is 5.81. The van der Waals surface area contributed by atoms with E-state index in [1.165, 1.54) is 23.3 Å². The van der Waals surface area contributed by atoms with E-state index in [0.717, 1.165) is 53.5 Å². The van der Waals surface area contributed by atoms with Crippen LogP contribution in [0.1, 0.15) is 22.9 Å². The van der Waals surface area contributed by atoms with Crippen molar-refractivity contribution in [2.24, 2.45) is 7.05 Å². The molecule has 0 amide bonds. The lowest BCUT2D eigenvalue weighted by molar-refractivity contribution is 0.114. The zero-order chi connectivity index (χ0) is 25.4. The zero-order valence-electron chi connectivity index (χ0n) is 20.7. The summed E-state index contributed by atoms with van der Waals surface area (Å²) in [5.74, 6) is -0.257. The Morgan fingerprint density at radius 2 is 1.89 bits per heavy atom. The number of rotatable bonds is 6. The molecule has 1 atom stereocenters. The van der Waals surface area contributed by atoms with Crippen molar-refractivity contribution >= 4 is 22.9 Å². The van der Waals surface area contributed by atoms with Gasteiger partial charge in [0.2, 0.25) is 0 Å². The summed E-state index contributed by atoms with van der Waals surface area (Å²) in [4.78, 5) is 8.68. The second-order valence-corrected chi connectivity index (χ2v) is 10.4. The van der Waals surface area contributed by atoms with Crippen LogP contribution in [0.5, 0.6) is 0 Å². The van der Waals surface area contributed by atoms with Gasteiger partial charge in [0.25, 0.3) is 0 Å². The minimum absolute atomic E-state index is 0.165. The molecule has 4 heterocycles. The van der Waals surface area contributed by atoms with Crippen molar-refractivity contribution in [3.63, 3.8) is 0 Å². The quantitative estimate of drug-likeness (QED) is 0.308. The molecule has 0 saturated carbocycles. The van der Waals surface area contributed by atoms with Gasteiger partial charge in [-0.3, -0.25) is 9.88 Å². The second kappa shape index (κ2) is 10.0. The molecular formula is C27H27FN8S. The van der Waals surface area contributed by atoms with Crippen LogP contribution in [0.4, 0.5) is 4.39 Å². The molecule has 5 aromatic rings. The van der Waals surface area contributed by atoms with Crippen molar-refractivity contribution < 1.29 is 4.39 Å². The zero-order valence-corrected chi connectivity index (χ0v) is 21.5. The van der Waals surface area contributed by atoms with Crippen molar-refractivity contribution in [2.75, 3.05) is 19.6 Å². The standard InChI is InChI=1S/C27H27FN8S/c1-19-13-25-20(15-31-36(25)23-8-6-21(28)7-9-23)14-24(19)26-18-35(37-27-16-30-33(2)32-27)12-11-34(26)17-22-5-3-4-10-29-22/h3-10,13-16,26H,11-12,17-18H2,1-2H3. The maximum atomic E-state index is 13.5. The van der Waals surface area contributed by atoms with Crippen LogP contribution in [0, 0.1) is 12.7 Å². The molecule has 8 nitrogen and oxygen atoms in total. The maximum Gasteiger partial charge on any atom is 0.153 e. The molecule has 6 rings (SSSR count). The summed E-state index contributed by atoms with van der Waals surface area (Å²) in [6.07, 6.45) is 5.55. The molecule has 188 valence electrons. The molecule has 3 aromatic heterocycles. The first kappa shape index (κ1) is 23.8. The minimum atomic E-state index is -0.257. The van der Waals surface area contributed by atoms with Crippen molar-refractivity contribution in [3.05, 3.63) is 95.8 Å². The molecule has 1 unspecified atom stereocenters. The summed E-state index contributed by atoms with van der Waals surface area (Å²) < 4.78 is 17.7. The Morgan fingerprint density at radius 1 is 1.03 bits per heavy atom. The summed E-state index contributed by atoms with van der Waals surface area (Å²) in [6, 6.07) is 17.1. The molecule has 0 N–H and O–H groups in total. The van der Waals surface area contributed by atoms with E-state index in [9.17, 15) is 4.39 Å². The lowest BCUT2D eigenvalue weighted by Gasteiger charge is -2.41. The molecule has 0 radical (unpaired) electrons. The molecule has 1 aliphatic heterocycles. The van der Waals surface area contributed by atoms with Gasteiger partial charge in [0.1, 0.15) is 5.82 Å². The highest BCUT2D eigenvalue weighted by atomic mass is 32.2. The fraction of sp³-hybridized carbons (Fsp3) is 0.259. The summed E-state index contributed by atoms with van der Waals surface area (Å²) >= 11 is 1.65. The van der Waals surface area contributed by atoms with Gasteiger partial charge in [-0.25, -0.2) is 13.4 Å². The van der Waals surface area contributed by atoms with Crippen LogP contribution in [0.2, 0.25) is 0 Å². The first-order valence-corrected chi connectivity index (χ1v) is 13.0. The van der Waals surface area contributed by atoms with Crippen LogP contribution in [0.15, 0.2) is 78.2 Å². The van der Waals surface area contributed by atoms with E-state index in [0.29, 0.717) is 0 Å². The Balaban J connectivity index is 1.34. The Morgan fingerprint density at radius 3 is 2.65 bits per heavy atom. The van der Waals surface area contributed by atoms with Crippen molar-refractivity contribution in [2.45, 2.75) is 24.5 Å². The maximum absolute atomic E-state index is 13.5. The summed E-state index contributed by atoms with van der Waals surface area (Å²) in [7, 11) is 1.84. The van der Waals surface area contributed by atoms with Crippen LogP contribution in [0.25, 0.3) is 16.6 Å². The number of hydrogen-bond acceptors (Lipinski definition) is 7. The lowest BCUT2D eigenvalue weighted by Crippen LogP contribution is -2.45. The second-order valence-electron chi connectivity index (χ2n) is 9.26. The largest absolute Gasteiger partial charge is 0.288 e. The predicted molar refractivity (Wildman–Crippen MR) is 142 cm³/mol. The molecular weight excluding hydrogens is 487 g/mol. The average Bonchev–Trinajstić information content (AvgIpc) is 3.51. The number of fused-ring (bicyclic) bond motifs is 1. The number of nitrogens with zero attached hydrogens (tertiary/aromatic N) is 8. The fourth-order valence-electron chi connectivity index (χ4n) is 4.91. The first-order chi connectivity index (χ1) is 18.0. The Labute approximate surface area is 218 Å². The van der Waals surface area contributed by atoms with Gasteiger partial charge in [0.15, 0.2) is 5.03 Å². The molecule has 2 aromatic carbocycles. The van der Waals surface area contributed by atoms with Gasteiger partial charge in [-0.05, 0) is 78.5 Å².